The highest BCUT2D eigenvalue weighted by atomic mass is 16.5. The summed E-state index contributed by atoms with van der Waals surface area (Å²) < 4.78 is 4.80. The van der Waals surface area contributed by atoms with Gasteiger partial charge in [0, 0.05) is 26.7 Å². The molecule has 1 amide bonds. The molecule has 0 rings (SSSR count). The molecule has 1 N–H and O–H groups in total. The van der Waals surface area contributed by atoms with Crippen LogP contribution in [0.4, 0.5) is 0 Å². The average Bonchev–Trinajstić information content (AvgIpc) is 2.14. The van der Waals surface area contributed by atoms with Gasteiger partial charge in [0.1, 0.15) is 6.54 Å². The van der Waals surface area contributed by atoms with Crippen molar-refractivity contribution in [2.45, 2.75) is 19.8 Å². The quantitative estimate of drug-likeness (QED) is 0.606. The first-order valence-electron chi connectivity index (χ1n) is 4.60. The summed E-state index contributed by atoms with van der Waals surface area (Å²) in [6.45, 7) is 2.49. The van der Waals surface area contributed by atoms with Crippen molar-refractivity contribution in [2.75, 3.05) is 26.8 Å². The maximum absolute atomic E-state index is 11.4. The highest BCUT2D eigenvalue weighted by Gasteiger charge is 2.13. The van der Waals surface area contributed by atoms with Crippen LogP contribution < -0.4 is 0 Å². The highest BCUT2D eigenvalue weighted by Crippen LogP contribution is 1.98. The molecule has 0 bridgehead atoms. The van der Waals surface area contributed by atoms with Crippen LogP contribution in [-0.2, 0) is 14.3 Å². The van der Waals surface area contributed by atoms with Gasteiger partial charge in [-0.05, 0) is 13.3 Å². The van der Waals surface area contributed by atoms with Gasteiger partial charge in [-0.15, -0.1) is 0 Å². The van der Waals surface area contributed by atoms with Crippen molar-refractivity contribution < 1.29 is 19.4 Å². The summed E-state index contributed by atoms with van der Waals surface area (Å²) in [4.78, 5) is 23.1. The predicted molar refractivity (Wildman–Crippen MR) is 51.0 cm³/mol. The Kier molecular flexibility index (Phi) is 6.74. The SMILES string of the molecule is CCN(CC(=O)O)C(=O)CCCOC. The maximum Gasteiger partial charge on any atom is 0.323 e. The van der Waals surface area contributed by atoms with Crippen molar-refractivity contribution in [1.29, 1.82) is 0 Å². The van der Waals surface area contributed by atoms with E-state index in [0.29, 0.717) is 26.0 Å². The first-order valence-corrected chi connectivity index (χ1v) is 4.60. The van der Waals surface area contributed by atoms with E-state index < -0.39 is 5.97 Å². The van der Waals surface area contributed by atoms with Gasteiger partial charge in [-0.1, -0.05) is 0 Å². The molecule has 0 atom stereocenters. The lowest BCUT2D eigenvalue weighted by Gasteiger charge is -2.18. The fraction of sp³-hybridized carbons (Fsp3) is 0.778. The van der Waals surface area contributed by atoms with Crippen molar-refractivity contribution in [3.05, 3.63) is 0 Å². The fourth-order valence-corrected chi connectivity index (χ4v) is 1.07. The molecule has 0 aromatic rings. The fourth-order valence-electron chi connectivity index (χ4n) is 1.07. The summed E-state index contributed by atoms with van der Waals surface area (Å²) in [6.07, 6.45) is 0.973. The lowest BCUT2D eigenvalue weighted by Crippen LogP contribution is -2.35. The zero-order valence-electron chi connectivity index (χ0n) is 8.65. The van der Waals surface area contributed by atoms with Crippen molar-refractivity contribution in [3.8, 4) is 0 Å². The summed E-state index contributed by atoms with van der Waals surface area (Å²) in [6, 6.07) is 0. The standard InChI is InChI=1S/C9H17NO4/c1-3-10(7-9(12)13)8(11)5-4-6-14-2/h3-7H2,1-2H3,(H,12,13). The molecule has 14 heavy (non-hydrogen) atoms. The monoisotopic (exact) mass is 203 g/mol. The van der Waals surface area contributed by atoms with Crippen LogP contribution >= 0.6 is 0 Å². The Labute approximate surface area is 83.6 Å². The number of hydrogen-bond donors (Lipinski definition) is 1. The smallest absolute Gasteiger partial charge is 0.323 e. The molecule has 0 aromatic carbocycles. The van der Waals surface area contributed by atoms with Gasteiger partial charge in [0.05, 0.1) is 0 Å². The van der Waals surface area contributed by atoms with Gasteiger partial charge in [0.25, 0.3) is 0 Å². The van der Waals surface area contributed by atoms with Crippen molar-refractivity contribution >= 4 is 11.9 Å². The largest absolute Gasteiger partial charge is 0.480 e. The third kappa shape index (κ3) is 5.53. The topological polar surface area (TPSA) is 66.8 Å². The Morgan fingerprint density at radius 2 is 2.07 bits per heavy atom. The van der Waals surface area contributed by atoms with Crippen LogP contribution in [-0.4, -0.2) is 48.7 Å². The predicted octanol–water partition coefficient (Wildman–Crippen LogP) is 0.346. The minimum absolute atomic E-state index is 0.132. The molecule has 0 aliphatic rings. The second-order valence-electron chi connectivity index (χ2n) is 2.90. The zero-order valence-corrected chi connectivity index (χ0v) is 8.65. The van der Waals surface area contributed by atoms with Crippen LogP contribution in [0.15, 0.2) is 0 Å². The summed E-state index contributed by atoms with van der Waals surface area (Å²) >= 11 is 0. The number of methoxy groups -OCH3 is 1. The van der Waals surface area contributed by atoms with Crippen LogP contribution in [0, 0.1) is 0 Å². The Hall–Kier alpha value is -1.10. The first-order chi connectivity index (χ1) is 6.61. The second kappa shape index (κ2) is 7.32. The van der Waals surface area contributed by atoms with Crippen LogP contribution in [0.25, 0.3) is 0 Å². The summed E-state index contributed by atoms with van der Waals surface area (Å²) in [5.74, 6) is -1.11. The van der Waals surface area contributed by atoms with E-state index in [2.05, 4.69) is 0 Å². The van der Waals surface area contributed by atoms with Crippen LogP contribution in [0.2, 0.25) is 0 Å². The zero-order chi connectivity index (χ0) is 11.0. The van der Waals surface area contributed by atoms with Gasteiger partial charge in [-0.25, -0.2) is 0 Å². The van der Waals surface area contributed by atoms with Crippen LogP contribution in [0.1, 0.15) is 19.8 Å². The number of ether oxygens (including phenoxy) is 1. The van der Waals surface area contributed by atoms with Crippen molar-refractivity contribution in [2.24, 2.45) is 0 Å². The minimum Gasteiger partial charge on any atom is -0.480 e. The summed E-state index contributed by atoms with van der Waals surface area (Å²) in [7, 11) is 1.57. The first kappa shape index (κ1) is 12.9. The van der Waals surface area contributed by atoms with Gasteiger partial charge in [-0.2, -0.15) is 0 Å². The molecular weight excluding hydrogens is 186 g/mol. The average molecular weight is 203 g/mol. The molecule has 0 aromatic heterocycles. The van der Waals surface area contributed by atoms with E-state index in [1.807, 2.05) is 0 Å². The van der Waals surface area contributed by atoms with E-state index >= 15 is 0 Å². The number of amides is 1. The van der Waals surface area contributed by atoms with Crippen LogP contribution in [0.5, 0.6) is 0 Å². The molecule has 0 spiro atoms. The maximum atomic E-state index is 11.4. The molecule has 0 saturated heterocycles. The van der Waals surface area contributed by atoms with E-state index in [1.165, 1.54) is 4.90 Å². The highest BCUT2D eigenvalue weighted by molar-refractivity contribution is 5.81. The lowest BCUT2D eigenvalue weighted by molar-refractivity contribution is -0.144. The number of carboxylic acid groups (broad SMARTS) is 1. The molecule has 5 heteroatoms. The van der Waals surface area contributed by atoms with E-state index in [1.54, 1.807) is 14.0 Å². The second-order valence-corrected chi connectivity index (χ2v) is 2.90. The number of carbonyl (C=O) groups excluding carboxylic acids is 1. The van der Waals surface area contributed by atoms with Crippen molar-refractivity contribution in [3.63, 3.8) is 0 Å². The molecule has 82 valence electrons. The summed E-state index contributed by atoms with van der Waals surface area (Å²) in [5, 5.41) is 8.52. The molecule has 0 unspecified atom stereocenters. The summed E-state index contributed by atoms with van der Waals surface area (Å²) in [5.41, 5.74) is 0. The molecule has 0 fully saturated rings. The number of carbonyl (C=O) groups is 2. The van der Waals surface area contributed by atoms with Gasteiger partial charge >= 0.3 is 5.97 Å². The number of rotatable bonds is 7. The Bertz CT molecular complexity index is 193. The van der Waals surface area contributed by atoms with Gasteiger partial charge in [0.2, 0.25) is 5.91 Å². The van der Waals surface area contributed by atoms with Gasteiger partial charge in [-0.3, -0.25) is 9.59 Å². The van der Waals surface area contributed by atoms with E-state index in [4.69, 9.17) is 9.84 Å². The van der Waals surface area contributed by atoms with Gasteiger partial charge < -0.3 is 14.7 Å². The molecule has 0 aliphatic heterocycles. The number of nitrogens with zero attached hydrogens (tertiary/aromatic N) is 1. The Morgan fingerprint density at radius 1 is 1.43 bits per heavy atom. The molecule has 0 heterocycles. The molecule has 5 nitrogen and oxygen atoms in total. The number of hydrogen-bond acceptors (Lipinski definition) is 3. The third-order valence-corrected chi connectivity index (χ3v) is 1.80. The lowest BCUT2D eigenvalue weighted by atomic mass is 10.3. The number of carboxylic acids is 1. The van der Waals surface area contributed by atoms with E-state index in [0.717, 1.165) is 0 Å². The molecular formula is C9H17NO4. The Balaban J connectivity index is 3.85. The number of aliphatic carboxylic acids is 1. The minimum atomic E-state index is -0.980. The van der Waals surface area contributed by atoms with Crippen molar-refractivity contribution in [1.82, 2.24) is 4.90 Å². The molecule has 0 saturated carbocycles. The Morgan fingerprint density at radius 3 is 2.50 bits per heavy atom. The van der Waals surface area contributed by atoms with E-state index in [-0.39, 0.29) is 12.5 Å². The van der Waals surface area contributed by atoms with Crippen LogP contribution in [0.3, 0.4) is 0 Å². The third-order valence-electron chi connectivity index (χ3n) is 1.80. The van der Waals surface area contributed by atoms with Gasteiger partial charge in [0.15, 0.2) is 0 Å². The number of likely N-dealkylation sites (N-methyl/N-ethyl adjacent to an activating group) is 1. The molecule has 0 radical (unpaired) electrons. The molecule has 0 aliphatic carbocycles. The normalized spacial score (nSPS) is 9.86. The van der Waals surface area contributed by atoms with E-state index in [9.17, 15) is 9.59 Å².